The number of hydrogen-bond acceptors (Lipinski definition) is 5. The summed E-state index contributed by atoms with van der Waals surface area (Å²) in [4.78, 5) is 28.4. The SMILES string of the molecule is C=CC/C(=C\C(Cc1cccnc1)NC(=O)OC(C)(C)C)C(=O)OCC. The summed E-state index contributed by atoms with van der Waals surface area (Å²) >= 11 is 0. The molecule has 0 spiro atoms. The van der Waals surface area contributed by atoms with Gasteiger partial charge in [0.05, 0.1) is 12.6 Å². The zero-order valence-corrected chi connectivity index (χ0v) is 16.0. The molecule has 1 amide bonds. The minimum Gasteiger partial charge on any atom is -0.463 e. The maximum atomic E-state index is 12.2. The van der Waals surface area contributed by atoms with Gasteiger partial charge in [0.1, 0.15) is 5.60 Å². The number of ether oxygens (including phenoxy) is 2. The van der Waals surface area contributed by atoms with Gasteiger partial charge < -0.3 is 14.8 Å². The first-order valence-corrected chi connectivity index (χ1v) is 8.62. The summed E-state index contributed by atoms with van der Waals surface area (Å²) in [5.74, 6) is -0.422. The van der Waals surface area contributed by atoms with Crippen molar-refractivity contribution in [1.82, 2.24) is 10.3 Å². The number of alkyl carbamates (subject to hydrolysis) is 1. The lowest BCUT2D eigenvalue weighted by Crippen LogP contribution is -2.39. The van der Waals surface area contributed by atoms with Gasteiger partial charge >= 0.3 is 12.1 Å². The summed E-state index contributed by atoms with van der Waals surface area (Å²) in [6.45, 7) is 11.1. The van der Waals surface area contributed by atoms with E-state index in [0.29, 0.717) is 18.4 Å². The number of nitrogens with zero attached hydrogens (tertiary/aromatic N) is 1. The zero-order chi connectivity index (χ0) is 19.6. The average Bonchev–Trinajstić information content (AvgIpc) is 2.53. The molecule has 0 aliphatic heterocycles. The van der Waals surface area contributed by atoms with Crippen molar-refractivity contribution in [1.29, 1.82) is 0 Å². The van der Waals surface area contributed by atoms with Gasteiger partial charge in [0.2, 0.25) is 0 Å². The van der Waals surface area contributed by atoms with E-state index in [4.69, 9.17) is 9.47 Å². The Morgan fingerprint density at radius 1 is 1.38 bits per heavy atom. The minimum absolute atomic E-state index is 0.278. The Hall–Kier alpha value is -2.63. The van der Waals surface area contributed by atoms with Crippen molar-refractivity contribution in [2.45, 2.75) is 52.2 Å². The molecule has 0 saturated heterocycles. The normalized spacial score (nSPS) is 12.8. The van der Waals surface area contributed by atoms with Crippen molar-refractivity contribution in [3.8, 4) is 0 Å². The van der Waals surface area contributed by atoms with Crippen molar-refractivity contribution in [3.05, 3.63) is 54.4 Å². The molecular formula is C20H28N2O4. The van der Waals surface area contributed by atoms with Crippen LogP contribution in [0.2, 0.25) is 0 Å². The largest absolute Gasteiger partial charge is 0.463 e. The quantitative estimate of drug-likeness (QED) is 0.435. The molecule has 0 bridgehead atoms. The highest BCUT2D eigenvalue weighted by molar-refractivity contribution is 5.89. The second-order valence-electron chi connectivity index (χ2n) is 6.72. The van der Waals surface area contributed by atoms with Crippen LogP contribution < -0.4 is 5.32 Å². The van der Waals surface area contributed by atoms with E-state index in [2.05, 4.69) is 16.9 Å². The molecule has 1 N–H and O–H groups in total. The highest BCUT2D eigenvalue weighted by Crippen LogP contribution is 2.12. The van der Waals surface area contributed by atoms with Gasteiger partial charge in [0, 0.05) is 18.0 Å². The lowest BCUT2D eigenvalue weighted by atomic mass is 10.0. The standard InChI is InChI=1S/C20H28N2O4/c1-6-9-16(18(23)25-7-2)13-17(12-15-10-8-11-21-14-15)22-19(24)26-20(3,4)5/h6,8,10-11,13-14,17H,1,7,9,12H2,2-5H3,(H,22,24)/b16-13+. The molecule has 0 radical (unpaired) electrons. The third kappa shape index (κ3) is 8.46. The van der Waals surface area contributed by atoms with Crippen LogP contribution in [0.5, 0.6) is 0 Å². The van der Waals surface area contributed by atoms with Gasteiger partial charge in [0.25, 0.3) is 0 Å². The Bertz CT molecular complexity index is 633. The van der Waals surface area contributed by atoms with Crippen LogP contribution in [0.3, 0.4) is 0 Å². The lowest BCUT2D eigenvalue weighted by molar-refractivity contribution is -0.138. The van der Waals surface area contributed by atoms with Gasteiger partial charge in [-0.2, -0.15) is 0 Å². The van der Waals surface area contributed by atoms with Crippen molar-refractivity contribution in [3.63, 3.8) is 0 Å². The number of amides is 1. The van der Waals surface area contributed by atoms with Gasteiger partial charge in [-0.1, -0.05) is 18.2 Å². The first-order valence-electron chi connectivity index (χ1n) is 8.62. The predicted molar refractivity (Wildman–Crippen MR) is 101 cm³/mol. The monoisotopic (exact) mass is 360 g/mol. The highest BCUT2D eigenvalue weighted by atomic mass is 16.6. The van der Waals surface area contributed by atoms with Crippen molar-refractivity contribution >= 4 is 12.1 Å². The Kier molecular flexibility index (Phi) is 8.55. The molecule has 0 aliphatic carbocycles. The van der Waals surface area contributed by atoms with Crippen LogP contribution in [0.4, 0.5) is 4.79 Å². The fourth-order valence-electron chi connectivity index (χ4n) is 2.22. The molecule has 0 saturated carbocycles. The predicted octanol–water partition coefficient (Wildman–Crippen LogP) is 3.58. The van der Waals surface area contributed by atoms with Crippen LogP contribution in [0, 0.1) is 0 Å². The Morgan fingerprint density at radius 2 is 2.12 bits per heavy atom. The zero-order valence-electron chi connectivity index (χ0n) is 16.0. The number of rotatable bonds is 8. The smallest absolute Gasteiger partial charge is 0.408 e. The molecular weight excluding hydrogens is 332 g/mol. The Balaban J connectivity index is 3.03. The van der Waals surface area contributed by atoms with E-state index in [9.17, 15) is 9.59 Å². The molecule has 142 valence electrons. The van der Waals surface area contributed by atoms with E-state index in [1.54, 1.807) is 52.2 Å². The maximum Gasteiger partial charge on any atom is 0.408 e. The van der Waals surface area contributed by atoms with E-state index >= 15 is 0 Å². The third-order valence-electron chi connectivity index (χ3n) is 3.18. The maximum absolute atomic E-state index is 12.2. The molecule has 1 rings (SSSR count). The van der Waals surface area contributed by atoms with E-state index in [-0.39, 0.29) is 6.61 Å². The number of hydrogen-bond donors (Lipinski definition) is 1. The molecule has 0 aromatic carbocycles. The summed E-state index contributed by atoms with van der Waals surface area (Å²) in [6.07, 6.45) is 6.97. The number of esters is 1. The van der Waals surface area contributed by atoms with E-state index in [0.717, 1.165) is 5.56 Å². The van der Waals surface area contributed by atoms with E-state index in [1.807, 2.05) is 12.1 Å². The van der Waals surface area contributed by atoms with Crippen LogP contribution in [0.1, 0.15) is 39.7 Å². The third-order valence-corrected chi connectivity index (χ3v) is 3.18. The molecule has 1 aromatic heterocycles. The highest BCUT2D eigenvalue weighted by Gasteiger charge is 2.20. The van der Waals surface area contributed by atoms with Crippen LogP contribution in [-0.2, 0) is 20.7 Å². The van der Waals surface area contributed by atoms with E-state index in [1.165, 1.54) is 0 Å². The number of allylic oxidation sites excluding steroid dienone is 1. The summed E-state index contributed by atoms with van der Waals surface area (Å²) in [6, 6.07) is 3.27. The van der Waals surface area contributed by atoms with Crippen molar-refractivity contribution in [2.75, 3.05) is 6.61 Å². The molecule has 0 aliphatic rings. The number of carbonyl (C=O) groups is 2. The molecule has 1 aromatic rings. The van der Waals surface area contributed by atoms with Gasteiger partial charge in [-0.15, -0.1) is 6.58 Å². The van der Waals surface area contributed by atoms with Gasteiger partial charge in [-0.3, -0.25) is 4.98 Å². The Labute approximate surface area is 155 Å². The lowest BCUT2D eigenvalue weighted by Gasteiger charge is -2.23. The number of pyridine rings is 1. The Morgan fingerprint density at radius 3 is 2.65 bits per heavy atom. The number of aromatic nitrogens is 1. The molecule has 1 heterocycles. The summed E-state index contributed by atoms with van der Waals surface area (Å²) in [7, 11) is 0. The van der Waals surface area contributed by atoms with Crippen molar-refractivity contribution < 1.29 is 19.1 Å². The number of carbonyl (C=O) groups excluding carboxylic acids is 2. The van der Waals surface area contributed by atoms with Gasteiger partial charge in [0.15, 0.2) is 0 Å². The fourth-order valence-corrected chi connectivity index (χ4v) is 2.22. The molecule has 6 heteroatoms. The topological polar surface area (TPSA) is 77.5 Å². The van der Waals surface area contributed by atoms with Crippen LogP contribution >= 0.6 is 0 Å². The fraction of sp³-hybridized carbons (Fsp3) is 0.450. The number of nitrogens with one attached hydrogen (secondary N) is 1. The molecule has 6 nitrogen and oxygen atoms in total. The van der Waals surface area contributed by atoms with E-state index < -0.39 is 23.7 Å². The summed E-state index contributed by atoms with van der Waals surface area (Å²) in [5.41, 5.74) is 0.746. The van der Waals surface area contributed by atoms with Crippen LogP contribution in [0.15, 0.2) is 48.8 Å². The second kappa shape index (κ2) is 10.4. The minimum atomic E-state index is -0.613. The molecule has 1 atom stereocenters. The first-order chi connectivity index (χ1) is 12.2. The summed E-state index contributed by atoms with van der Waals surface area (Å²) < 4.78 is 10.4. The second-order valence-corrected chi connectivity index (χ2v) is 6.72. The first kappa shape index (κ1) is 21.4. The van der Waals surface area contributed by atoms with Crippen LogP contribution in [-0.4, -0.2) is 35.3 Å². The summed E-state index contributed by atoms with van der Waals surface area (Å²) in [5, 5.41) is 2.80. The average molecular weight is 360 g/mol. The van der Waals surface area contributed by atoms with Crippen molar-refractivity contribution in [2.24, 2.45) is 0 Å². The molecule has 0 fully saturated rings. The van der Waals surface area contributed by atoms with Gasteiger partial charge in [-0.25, -0.2) is 9.59 Å². The van der Waals surface area contributed by atoms with Gasteiger partial charge in [-0.05, 0) is 52.2 Å². The molecule has 1 unspecified atom stereocenters. The van der Waals surface area contributed by atoms with Crippen LogP contribution in [0.25, 0.3) is 0 Å². The molecule has 26 heavy (non-hydrogen) atoms.